The summed E-state index contributed by atoms with van der Waals surface area (Å²) in [6.07, 6.45) is -4.20. The molecule has 0 aliphatic carbocycles. The summed E-state index contributed by atoms with van der Waals surface area (Å²) in [5, 5.41) is 0.438. The molecule has 0 atom stereocenters. The van der Waals surface area contributed by atoms with Gasteiger partial charge in [-0.15, -0.1) is 0 Å². The van der Waals surface area contributed by atoms with Gasteiger partial charge in [0.2, 0.25) is 0 Å². The Kier molecular flexibility index (Phi) is 5.82. The molecule has 0 aliphatic heterocycles. The molecule has 6 heteroatoms. The van der Waals surface area contributed by atoms with Crippen LogP contribution >= 0.6 is 11.6 Å². The van der Waals surface area contributed by atoms with E-state index in [1.165, 1.54) is 11.0 Å². The summed E-state index contributed by atoms with van der Waals surface area (Å²) in [5.74, 6) is -0.205. The molecule has 1 rings (SSSR count). The highest BCUT2D eigenvalue weighted by Crippen LogP contribution is 2.17. The van der Waals surface area contributed by atoms with Crippen molar-refractivity contribution >= 4 is 17.4 Å². The van der Waals surface area contributed by atoms with Crippen LogP contribution in [0, 0.1) is 0 Å². The first-order valence-electron chi connectivity index (χ1n) is 5.89. The quantitative estimate of drug-likeness (QED) is 0.744. The Morgan fingerprint density at radius 2 is 2.05 bits per heavy atom. The Hall–Kier alpha value is -1.07. The minimum atomic E-state index is -4.24. The van der Waals surface area contributed by atoms with E-state index in [1.54, 1.807) is 25.1 Å². The number of nitrogens with zero attached hydrogens (tertiary/aromatic N) is 1. The van der Waals surface area contributed by atoms with E-state index in [0.717, 1.165) is 0 Å². The van der Waals surface area contributed by atoms with E-state index in [1.807, 2.05) is 0 Å². The highest BCUT2D eigenvalue weighted by Gasteiger charge is 2.30. The van der Waals surface area contributed by atoms with Gasteiger partial charge < -0.3 is 0 Å². The zero-order valence-electron chi connectivity index (χ0n) is 10.5. The summed E-state index contributed by atoms with van der Waals surface area (Å²) >= 11 is 5.75. The number of halogens is 4. The summed E-state index contributed by atoms with van der Waals surface area (Å²) in [6, 6.07) is 6.40. The van der Waals surface area contributed by atoms with Crippen LogP contribution in [-0.4, -0.2) is 36.5 Å². The summed E-state index contributed by atoms with van der Waals surface area (Å²) in [4.78, 5) is 13.0. The van der Waals surface area contributed by atoms with Gasteiger partial charge in [0, 0.05) is 23.6 Å². The molecule has 0 heterocycles. The third kappa shape index (κ3) is 6.07. The zero-order chi connectivity index (χ0) is 14.5. The van der Waals surface area contributed by atoms with Crippen molar-refractivity contribution in [2.75, 3.05) is 19.6 Å². The number of Topliss-reactive ketones (excluding diaryl/α,β-unsaturated/α-hetero) is 1. The average Bonchev–Trinajstić information content (AvgIpc) is 2.32. The van der Waals surface area contributed by atoms with Crippen molar-refractivity contribution in [2.24, 2.45) is 0 Å². The molecule has 0 spiro atoms. The zero-order valence-corrected chi connectivity index (χ0v) is 11.3. The Balaban J connectivity index is 2.53. The molecular weight excluding hydrogens is 279 g/mol. The second-order valence-electron chi connectivity index (χ2n) is 4.17. The normalized spacial score (nSPS) is 11.9. The second-order valence-corrected chi connectivity index (χ2v) is 4.60. The lowest BCUT2D eigenvalue weighted by Crippen LogP contribution is -2.35. The van der Waals surface area contributed by atoms with Gasteiger partial charge in [-0.25, -0.2) is 0 Å². The van der Waals surface area contributed by atoms with E-state index in [2.05, 4.69) is 0 Å². The van der Waals surface area contributed by atoms with Crippen molar-refractivity contribution in [3.05, 3.63) is 34.9 Å². The summed E-state index contributed by atoms with van der Waals surface area (Å²) < 4.78 is 36.7. The minimum absolute atomic E-state index is 0.0459. The van der Waals surface area contributed by atoms with Crippen LogP contribution in [0.1, 0.15) is 23.7 Å². The minimum Gasteiger partial charge on any atom is -0.295 e. The van der Waals surface area contributed by atoms with Crippen LogP contribution < -0.4 is 0 Å². The molecule has 2 nitrogen and oxygen atoms in total. The Bertz CT molecular complexity index is 434. The summed E-state index contributed by atoms with van der Waals surface area (Å²) in [7, 11) is 0. The van der Waals surface area contributed by atoms with Crippen LogP contribution in [0.5, 0.6) is 0 Å². The molecule has 0 amide bonds. The molecule has 1 aromatic rings. The fourth-order valence-corrected chi connectivity index (χ4v) is 1.86. The van der Waals surface area contributed by atoms with Gasteiger partial charge >= 0.3 is 6.18 Å². The first-order chi connectivity index (χ1) is 8.81. The predicted octanol–water partition coefficient (Wildman–Crippen LogP) is 3.80. The highest BCUT2D eigenvalue weighted by atomic mass is 35.5. The SMILES string of the molecule is CCN(CCC(=O)c1cccc(Cl)c1)CC(F)(F)F. The van der Waals surface area contributed by atoms with Crippen LogP contribution in [0.3, 0.4) is 0 Å². The first-order valence-corrected chi connectivity index (χ1v) is 6.27. The van der Waals surface area contributed by atoms with E-state index < -0.39 is 12.7 Å². The molecule has 0 aliphatic rings. The molecule has 106 valence electrons. The standard InChI is InChI=1S/C13H15ClF3NO/c1-2-18(9-13(15,16)17)7-6-12(19)10-4-3-5-11(14)8-10/h3-5,8H,2,6-7,9H2,1H3. The highest BCUT2D eigenvalue weighted by molar-refractivity contribution is 6.31. The number of hydrogen-bond donors (Lipinski definition) is 0. The van der Waals surface area contributed by atoms with Gasteiger partial charge in [0.05, 0.1) is 6.54 Å². The molecule has 0 saturated carbocycles. The number of rotatable bonds is 6. The van der Waals surface area contributed by atoms with Crippen LogP contribution in [0.15, 0.2) is 24.3 Å². The van der Waals surface area contributed by atoms with E-state index in [0.29, 0.717) is 10.6 Å². The Morgan fingerprint density at radius 1 is 1.37 bits per heavy atom. The molecule has 0 aromatic heterocycles. The largest absolute Gasteiger partial charge is 0.401 e. The van der Waals surface area contributed by atoms with Gasteiger partial charge in [-0.1, -0.05) is 30.7 Å². The first kappa shape index (κ1) is 16.0. The van der Waals surface area contributed by atoms with Crippen molar-refractivity contribution in [1.29, 1.82) is 0 Å². The summed E-state index contributed by atoms with van der Waals surface area (Å²) in [6.45, 7) is 0.978. The number of carbonyl (C=O) groups excluding carboxylic acids is 1. The van der Waals surface area contributed by atoms with Crippen LogP contribution in [-0.2, 0) is 0 Å². The van der Waals surface area contributed by atoms with E-state index >= 15 is 0 Å². The monoisotopic (exact) mass is 293 g/mol. The van der Waals surface area contributed by atoms with Gasteiger partial charge in [-0.2, -0.15) is 13.2 Å². The lowest BCUT2D eigenvalue weighted by atomic mass is 10.1. The Morgan fingerprint density at radius 3 is 2.58 bits per heavy atom. The maximum Gasteiger partial charge on any atom is 0.401 e. The van der Waals surface area contributed by atoms with Crippen LogP contribution in [0.25, 0.3) is 0 Å². The lowest BCUT2D eigenvalue weighted by Gasteiger charge is -2.21. The van der Waals surface area contributed by atoms with E-state index in [9.17, 15) is 18.0 Å². The van der Waals surface area contributed by atoms with E-state index in [4.69, 9.17) is 11.6 Å². The van der Waals surface area contributed by atoms with Gasteiger partial charge in [0.1, 0.15) is 0 Å². The smallest absolute Gasteiger partial charge is 0.295 e. The molecule has 19 heavy (non-hydrogen) atoms. The topological polar surface area (TPSA) is 20.3 Å². The van der Waals surface area contributed by atoms with Crippen molar-refractivity contribution in [2.45, 2.75) is 19.5 Å². The molecule has 1 aromatic carbocycles. The van der Waals surface area contributed by atoms with E-state index in [-0.39, 0.29) is 25.3 Å². The van der Waals surface area contributed by atoms with Gasteiger partial charge in [-0.05, 0) is 18.7 Å². The number of ketones is 1. The lowest BCUT2D eigenvalue weighted by molar-refractivity contribution is -0.145. The van der Waals surface area contributed by atoms with Crippen LogP contribution in [0.2, 0.25) is 5.02 Å². The van der Waals surface area contributed by atoms with Crippen molar-refractivity contribution < 1.29 is 18.0 Å². The van der Waals surface area contributed by atoms with Gasteiger partial charge in [0.25, 0.3) is 0 Å². The van der Waals surface area contributed by atoms with Crippen molar-refractivity contribution in [3.8, 4) is 0 Å². The van der Waals surface area contributed by atoms with Crippen LogP contribution in [0.4, 0.5) is 13.2 Å². The molecule has 0 unspecified atom stereocenters. The third-order valence-corrected chi connectivity index (χ3v) is 2.89. The average molecular weight is 294 g/mol. The van der Waals surface area contributed by atoms with Crippen molar-refractivity contribution in [1.82, 2.24) is 4.90 Å². The number of benzene rings is 1. The Labute approximate surface area is 115 Å². The number of hydrogen-bond acceptors (Lipinski definition) is 2. The molecule has 0 bridgehead atoms. The number of alkyl halides is 3. The summed E-state index contributed by atoms with van der Waals surface area (Å²) in [5.41, 5.74) is 0.426. The second kappa shape index (κ2) is 6.91. The molecule has 0 fully saturated rings. The molecule has 0 saturated heterocycles. The van der Waals surface area contributed by atoms with Gasteiger partial charge in [0.15, 0.2) is 5.78 Å². The molecular formula is C13H15ClF3NO. The maximum atomic E-state index is 12.2. The predicted molar refractivity (Wildman–Crippen MR) is 68.6 cm³/mol. The van der Waals surface area contributed by atoms with Gasteiger partial charge in [-0.3, -0.25) is 9.69 Å². The van der Waals surface area contributed by atoms with Crippen molar-refractivity contribution in [3.63, 3.8) is 0 Å². The maximum absolute atomic E-state index is 12.2. The number of carbonyl (C=O) groups is 1. The fraction of sp³-hybridized carbons (Fsp3) is 0.462. The molecule has 0 radical (unpaired) electrons. The fourth-order valence-electron chi connectivity index (χ4n) is 1.67. The molecule has 0 N–H and O–H groups in total. The third-order valence-electron chi connectivity index (χ3n) is 2.65.